The molecule has 0 radical (unpaired) electrons. The average Bonchev–Trinajstić information content (AvgIpc) is 3.38. The van der Waals surface area contributed by atoms with Crippen LogP contribution >= 0.6 is 0 Å². The van der Waals surface area contributed by atoms with E-state index in [1.54, 1.807) is 25.5 Å². The third-order valence-electron chi connectivity index (χ3n) is 4.38. The first kappa shape index (κ1) is 18.0. The molecule has 0 aliphatic heterocycles. The highest BCUT2D eigenvalue weighted by atomic mass is 16.5. The second kappa shape index (κ2) is 8.10. The Balaban J connectivity index is 1.68. The molecule has 0 unspecified atom stereocenters. The largest absolute Gasteiger partial charge is 0.461 e. The lowest BCUT2D eigenvalue weighted by molar-refractivity contribution is 0.196. The van der Waals surface area contributed by atoms with E-state index in [4.69, 9.17) is 19.9 Å². The maximum absolute atomic E-state index is 6.25. The van der Waals surface area contributed by atoms with Gasteiger partial charge in [-0.05, 0) is 24.1 Å². The number of furan rings is 1. The van der Waals surface area contributed by atoms with Crippen molar-refractivity contribution in [2.24, 2.45) is 0 Å². The number of benzene rings is 1. The predicted molar refractivity (Wildman–Crippen MR) is 107 cm³/mol. The van der Waals surface area contributed by atoms with Crippen LogP contribution in [0.4, 0.5) is 11.6 Å². The highest BCUT2D eigenvalue weighted by Gasteiger charge is 2.16. The summed E-state index contributed by atoms with van der Waals surface area (Å²) in [6.45, 7) is 2.17. The number of rotatable bonds is 8. The molecule has 3 aromatic heterocycles. The van der Waals surface area contributed by atoms with Crippen LogP contribution in [-0.4, -0.2) is 39.8 Å². The SMILES string of the molecule is COCCCN(Cc1ccccc1)c1cc(N)n2nc(-c3ccco3)nc2n1. The van der Waals surface area contributed by atoms with Crippen LogP contribution in [0.1, 0.15) is 12.0 Å². The molecule has 3 heterocycles. The Bertz CT molecular complexity index is 1030. The zero-order chi connectivity index (χ0) is 19.3. The van der Waals surface area contributed by atoms with Crippen molar-refractivity contribution in [2.75, 3.05) is 30.9 Å². The van der Waals surface area contributed by atoms with Gasteiger partial charge < -0.3 is 19.8 Å². The minimum atomic E-state index is 0.436. The van der Waals surface area contributed by atoms with Crippen molar-refractivity contribution in [3.63, 3.8) is 0 Å². The van der Waals surface area contributed by atoms with Crippen LogP contribution in [0.2, 0.25) is 0 Å². The van der Waals surface area contributed by atoms with Gasteiger partial charge in [0, 0.05) is 32.9 Å². The summed E-state index contributed by atoms with van der Waals surface area (Å²) in [6.07, 6.45) is 2.46. The molecule has 0 saturated carbocycles. The van der Waals surface area contributed by atoms with Gasteiger partial charge in [-0.2, -0.15) is 14.5 Å². The second-order valence-electron chi connectivity index (χ2n) is 6.42. The maximum Gasteiger partial charge on any atom is 0.256 e. The molecular weight excluding hydrogens is 356 g/mol. The molecule has 8 nitrogen and oxygen atoms in total. The number of fused-ring (bicyclic) bond motifs is 1. The molecule has 0 aliphatic carbocycles. The van der Waals surface area contributed by atoms with Gasteiger partial charge in [-0.25, -0.2) is 0 Å². The van der Waals surface area contributed by atoms with Gasteiger partial charge in [0.05, 0.1) is 6.26 Å². The van der Waals surface area contributed by atoms with Gasteiger partial charge >= 0.3 is 0 Å². The van der Waals surface area contributed by atoms with E-state index in [2.05, 4.69) is 27.1 Å². The van der Waals surface area contributed by atoms with Crippen LogP contribution in [0.25, 0.3) is 17.4 Å². The van der Waals surface area contributed by atoms with Gasteiger partial charge in [-0.15, -0.1) is 5.10 Å². The van der Waals surface area contributed by atoms with E-state index < -0.39 is 0 Å². The molecule has 2 N–H and O–H groups in total. The van der Waals surface area contributed by atoms with Crippen molar-refractivity contribution >= 4 is 17.4 Å². The molecule has 4 rings (SSSR count). The number of hydrogen-bond acceptors (Lipinski definition) is 7. The summed E-state index contributed by atoms with van der Waals surface area (Å²) in [6, 6.07) is 15.7. The fourth-order valence-corrected chi connectivity index (χ4v) is 3.03. The second-order valence-corrected chi connectivity index (χ2v) is 6.42. The maximum atomic E-state index is 6.25. The van der Waals surface area contributed by atoms with Crippen molar-refractivity contribution in [3.8, 4) is 11.6 Å². The molecule has 28 heavy (non-hydrogen) atoms. The van der Waals surface area contributed by atoms with E-state index in [1.807, 2.05) is 24.3 Å². The number of hydrogen-bond donors (Lipinski definition) is 1. The van der Waals surface area contributed by atoms with Crippen molar-refractivity contribution in [1.82, 2.24) is 19.6 Å². The average molecular weight is 378 g/mol. The van der Waals surface area contributed by atoms with Crippen LogP contribution in [0, 0.1) is 0 Å². The fourth-order valence-electron chi connectivity index (χ4n) is 3.03. The smallest absolute Gasteiger partial charge is 0.256 e. The molecular formula is C20H22N6O2. The quantitative estimate of drug-likeness (QED) is 0.471. The number of methoxy groups -OCH3 is 1. The molecule has 144 valence electrons. The van der Waals surface area contributed by atoms with E-state index in [0.29, 0.717) is 36.3 Å². The predicted octanol–water partition coefficient (Wildman–Crippen LogP) is 3.01. The number of ether oxygens (including phenoxy) is 1. The number of anilines is 2. The third kappa shape index (κ3) is 3.81. The standard InChI is InChI=1S/C20H22N6O2/c1-27-11-6-10-25(14-15-7-3-2-4-8-15)18-13-17(21)26-20(22-18)23-19(24-26)16-9-5-12-28-16/h2-5,7-9,12-13H,6,10-11,14,21H2,1H3. The van der Waals surface area contributed by atoms with Gasteiger partial charge in [0.25, 0.3) is 5.78 Å². The van der Waals surface area contributed by atoms with Crippen molar-refractivity contribution < 1.29 is 9.15 Å². The molecule has 0 atom stereocenters. The molecule has 0 aliphatic rings. The number of nitrogens with two attached hydrogens (primary N) is 1. The van der Waals surface area contributed by atoms with Crippen molar-refractivity contribution in [1.29, 1.82) is 0 Å². The molecule has 0 saturated heterocycles. The summed E-state index contributed by atoms with van der Waals surface area (Å²) in [5, 5.41) is 4.40. The highest BCUT2D eigenvalue weighted by molar-refractivity contribution is 5.57. The number of nitrogens with zero attached hydrogens (tertiary/aromatic N) is 5. The molecule has 4 aromatic rings. The molecule has 1 aromatic carbocycles. The normalized spacial score (nSPS) is 11.2. The Morgan fingerprint density at radius 1 is 1.14 bits per heavy atom. The summed E-state index contributed by atoms with van der Waals surface area (Å²) < 4.78 is 12.1. The Morgan fingerprint density at radius 2 is 2.00 bits per heavy atom. The first-order chi connectivity index (χ1) is 13.7. The first-order valence-corrected chi connectivity index (χ1v) is 9.09. The van der Waals surface area contributed by atoms with Crippen molar-refractivity contribution in [3.05, 3.63) is 60.4 Å². The summed E-state index contributed by atoms with van der Waals surface area (Å²) >= 11 is 0. The Labute approximate surface area is 162 Å². The highest BCUT2D eigenvalue weighted by Crippen LogP contribution is 2.22. The molecule has 0 bridgehead atoms. The lowest BCUT2D eigenvalue weighted by atomic mass is 10.2. The van der Waals surface area contributed by atoms with Crippen LogP contribution in [0.15, 0.2) is 59.2 Å². The molecule has 0 fully saturated rings. The zero-order valence-corrected chi connectivity index (χ0v) is 15.7. The van der Waals surface area contributed by atoms with Crippen LogP contribution in [0.3, 0.4) is 0 Å². The van der Waals surface area contributed by atoms with Gasteiger partial charge in [0.15, 0.2) is 5.76 Å². The Kier molecular flexibility index (Phi) is 5.20. The molecule has 8 heteroatoms. The third-order valence-corrected chi connectivity index (χ3v) is 4.38. The molecule has 0 amide bonds. The van der Waals surface area contributed by atoms with Crippen LogP contribution < -0.4 is 10.6 Å². The van der Waals surface area contributed by atoms with Crippen molar-refractivity contribution in [2.45, 2.75) is 13.0 Å². The first-order valence-electron chi connectivity index (χ1n) is 9.09. The van der Waals surface area contributed by atoms with Gasteiger partial charge in [-0.1, -0.05) is 30.3 Å². The van der Waals surface area contributed by atoms with E-state index in [1.165, 1.54) is 10.1 Å². The Hall–Kier alpha value is -3.39. The monoisotopic (exact) mass is 378 g/mol. The fraction of sp³-hybridized carbons (Fsp3) is 0.250. The Morgan fingerprint density at radius 3 is 2.75 bits per heavy atom. The lowest BCUT2D eigenvalue weighted by Crippen LogP contribution is -2.26. The summed E-state index contributed by atoms with van der Waals surface area (Å²) in [7, 11) is 1.70. The van der Waals surface area contributed by atoms with E-state index >= 15 is 0 Å². The number of nitrogen functional groups attached to an aromatic ring is 1. The lowest BCUT2D eigenvalue weighted by Gasteiger charge is -2.24. The van der Waals surface area contributed by atoms with Crippen LogP contribution in [0.5, 0.6) is 0 Å². The van der Waals surface area contributed by atoms with E-state index in [-0.39, 0.29) is 0 Å². The van der Waals surface area contributed by atoms with Gasteiger partial charge in [-0.3, -0.25) is 0 Å². The number of aromatic nitrogens is 4. The van der Waals surface area contributed by atoms with Gasteiger partial charge in [0.2, 0.25) is 5.82 Å². The topological polar surface area (TPSA) is 94.7 Å². The minimum Gasteiger partial charge on any atom is -0.461 e. The summed E-state index contributed by atoms with van der Waals surface area (Å²) in [5.41, 5.74) is 7.44. The van der Waals surface area contributed by atoms with E-state index in [0.717, 1.165) is 18.8 Å². The van der Waals surface area contributed by atoms with Gasteiger partial charge in [0.1, 0.15) is 11.6 Å². The van der Waals surface area contributed by atoms with E-state index in [9.17, 15) is 0 Å². The summed E-state index contributed by atoms with van der Waals surface area (Å²) in [4.78, 5) is 11.3. The molecule has 0 spiro atoms. The van der Waals surface area contributed by atoms with Crippen LogP contribution in [-0.2, 0) is 11.3 Å². The zero-order valence-electron chi connectivity index (χ0n) is 15.7. The summed E-state index contributed by atoms with van der Waals surface area (Å²) in [5.74, 6) is 2.69. The minimum absolute atomic E-state index is 0.436.